The van der Waals surface area contributed by atoms with E-state index in [0.29, 0.717) is 42.6 Å². The van der Waals surface area contributed by atoms with Crippen LogP contribution in [0.2, 0.25) is 0 Å². The number of phenolic OH excluding ortho intramolecular Hbond substituents is 1. The van der Waals surface area contributed by atoms with E-state index >= 15 is 0 Å². The number of benzene rings is 4. The lowest BCUT2D eigenvalue weighted by molar-refractivity contribution is -0.155. The largest absolute Gasteiger partial charge is 0.506 e. The molecule has 0 spiro atoms. The Labute approximate surface area is 300 Å². The highest BCUT2D eigenvalue weighted by Gasteiger charge is 2.40. The number of carboxylic acids is 1. The second kappa shape index (κ2) is 16.1. The van der Waals surface area contributed by atoms with Gasteiger partial charge in [0, 0.05) is 48.4 Å². The number of carboxylic acid groups (broad SMARTS) is 1. The van der Waals surface area contributed by atoms with Gasteiger partial charge in [0.2, 0.25) is 11.2 Å². The van der Waals surface area contributed by atoms with Gasteiger partial charge in [-0.3, -0.25) is 9.59 Å². The quantitative estimate of drug-likeness (QED) is 0.0836. The number of aromatic nitrogens is 1. The molecule has 1 amide bonds. The molecule has 0 bridgehead atoms. The first-order valence-corrected chi connectivity index (χ1v) is 17.2. The fraction of sp³-hybridized carbons (Fsp3) is 0.275. The summed E-state index contributed by atoms with van der Waals surface area (Å²) in [6.07, 6.45) is 1.48. The molecule has 270 valence electrons. The number of hydrogen-bond acceptors (Lipinski definition) is 9. The van der Waals surface area contributed by atoms with Crippen molar-refractivity contribution < 1.29 is 34.8 Å². The molecule has 4 aromatic carbocycles. The molecule has 6 rings (SSSR count). The number of ether oxygens (including phenoxy) is 1. The number of aromatic hydroxyl groups is 1. The van der Waals surface area contributed by atoms with Crippen LogP contribution < -0.4 is 20.9 Å². The van der Waals surface area contributed by atoms with Crippen molar-refractivity contribution in [1.82, 2.24) is 15.2 Å². The molecule has 2 atom stereocenters. The predicted octanol–water partition coefficient (Wildman–Crippen LogP) is 3.90. The lowest BCUT2D eigenvalue weighted by Gasteiger charge is -2.33. The molecule has 7 N–H and O–H groups in total. The van der Waals surface area contributed by atoms with E-state index in [0.717, 1.165) is 30.5 Å². The summed E-state index contributed by atoms with van der Waals surface area (Å²) in [5, 5.41) is 49.3. The van der Waals surface area contributed by atoms with Gasteiger partial charge in [-0.25, -0.2) is 4.79 Å². The number of piperidine rings is 1. The summed E-state index contributed by atoms with van der Waals surface area (Å²) in [5.41, 5.74) is 0.816. The van der Waals surface area contributed by atoms with E-state index in [1.54, 1.807) is 59.5 Å². The Balaban J connectivity index is 0.923. The molecule has 12 heteroatoms. The van der Waals surface area contributed by atoms with Gasteiger partial charge in [-0.1, -0.05) is 60.7 Å². The molecule has 1 aliphatic heterocycles. The zero-order valence-corrected chi connectivity index (χ0v) is 28.5. The van der Waals surface area contributed by atoms with Gasteiger partial charge < -0.3 is 45.7 Å². The zero-order valence-electron chi connectivity index (χ0n) is 28.5. The molecular weight excluding hydrogens is 664 g/mol. The van der Waals surface area contributed by atoms with Crippen LogP contribution in [0, 0.1) is 0 Å². The van der Waals surface area contributed by atoms with Gasteiger partial charge in [-0.2, -0.15) is 0 Å². The minimum atomic E-state index is -2.26. The van der Waals surface area contributed by atoms with E-state index < -0.39 is 17.7 Å². The highest BCUT2D eigenvalue weighted by molar-refractivity contribution is 5.87. The molecule has 1 saturated heterocycles. The first-order valence-electron chi connectivity index (χ1n) is 17.2. The highest BCUT2D eigenvalue weighted by Crippen LogP contribution is 2.32. The number of anilines is 1. The van der Waals surface area contributed by atoms with E-state index in [-0.39, 0.29) is 46.7 Å². The average Bonchev–Trinajstić information content (AvgIpc) is 3.16. The van der Waals surface area contributed by atoms with Crippen molar-refractivity contribution in [3.05, 3.63) is 136 Å². The molecule has 0 aliphatic carbocycles. The monoisotopic (exact) mass is 706 g/mol. The van der Waals surface area contributed by atoms with Crippen LogP contribution in [-0.4, -0.2) is 81.0 Å². The summed E-state index contributed by atoms with van der Waals surface area (Å²) in [5.74, 6) is -1.34. The number of fused-ring (bicyclic) bond motifs is 1. The molecule has 1 aliphatic rings. The Morgan fingerprint density at radius 3 is 2.38 bits per heavy atom. The Hall–Kier alpha value is -5.69. The molecule has 1 fully saturated rings. The Morgan fingerprint density at radius 1 is 0.923 bits per heavy atom. The number of aromatic amines is 1. The summed E-state index contributed by atoms with van der Waals surface area (Å²) in [4.78, 5) is 41.2. The van der Waals surface area contributed by atoms with Crippen LogP contribution in [0.25, 0.3) is 10.9 Å². The molecule has 5 aromatic rings. The second-order valence-electron chi connectivity index (χ2n) is 12.9. The number of likely N-dealkylation sites (tertiary alicyclic amines) is 1. The third-order valence-corrected chi connectivity index (χ3v) is 9.48. The van der Waals surface area contributed by atoms with Gasteiger partial charge in [-0.15, -0.1) is 0 Å². The fourth-order valence-corrected chi connectivity index (χ4v) is 6.55. The molecule has 52 heavy (non-hydrogen) atoms. The average molecular weight is 707 g/mol. The van der Waals surface area contributed by atoms with Gasteiger partial charge in [0.05, 0.1) is 11.6 Å². The van der Waals surface area contributed by atoms with Crippen LogP contribution >= 0.6 is 0 Å². The number of nitrogens with one attached hydrogen (secondary N) is 3. The van der Waals surface area contributed by atoms with E-state index in [1.165, 1.54) is 24.3 Å². The van der Waals surface area contributed by atoms with E-state index in [1.807, 2.05) is 12.1 Å². The number of amides is 1. The predicted molar refractivity (Wildman–Crippen MR) is 196 cm³/mol. The van der Waals surface area contributed by atoms with Crippen molar-refractivity contribution in [3.8, 4) is 11.5 Å². The maximum Gasteiger partial charge on any atom is 0.345 e. The summed E-state index contributed by atoms with van der Waals surface area (Å²) in [6.45, 7) is 1.89. The van der Waals surface area contributed by atoms with Crippen LogP contribution in [0.1, 0.15) is 41.2 Å². The third kappa shape index (κ3) is 8.26. The summed E-state index contributed by atoms with van der Waals surface area (Å²) < 4.78 is 5.75. The maximum absolute atomic E-state index is 13.0. The van der Waals surface area contributed by atoms with Crippen LogP contribution in [0.4, 0.5) is 5.69 Å². The lowest BCUT2D eigenvalue weighted by atomic mass is 9.86. The molecule has 0 radical (unpaired) electrons. The highest BCUT2D eigenvalue weighted by atomic mass is 16.5. The summed E-state index contributed by atoms with van der Waals surface area (Å²) in [7, 11) is 0. The smallest absolute Gasteiger partial charge is 0.345 e. The van der Waals surface area contributed by atoms with E-state index in [4.69, 9.17) is 4.74 Å². The number of H-pyrrole nitrogens is 1. The molecule has 1 aromatic heterocycles. The normalized spacial score (nSPS) is 15.2. The number of nitrogens with zero attached hydrogens (tertiary/aromatic N) is 1. The van der Waals surface area contributed by atoms with Gasteiger partial charge >= 0.3 is 5.97 Å². The van der Waals surface area contributed by atoms with Gasteiger partial charge in [-0.05, 0) is 78.9 Å². The fourth-order valence-electron chi connectivity index (χ4n) is 6.55. The number of aliphatic hydroxyl groups is 2. The topological polar surface area (TPSA) is 184 Å². The standard InChI is InChI=1S/C40H42N4O8/c45-34-15-13-32(33-14-16-36(47)43-38(33)34)35(46)24-41-20-17-26-9-11-29(12-10-26)42-30-18-21-44(22-19-30)37(48)25-52-31-8-4-7-28(23-31)40(51,39(49)50)27-5-2-1-3-6-27/h1-16,23,30,35,41-42,45-46,51H,17-22,24-25H2,(H,43,47)(H,49,50)/t35-,40-/m0/s1. The van der Waals surface area contributed by atoms with Crippen molar-refractivity contribution in [3.63, 3.8) is 0 Å². The number of phenols is 1. The summed E-state index contributed by atoms with van der Waals surface area (Å²) >= 11 is 0. The van der Waals surface area contributed by atoms with Gasteiger partial charge in [0.25, 0.3) is 5.91 Å². The van der Waals surface area contributed by atoms with Gasteiger partial charge in [0.1, 0.15) is 11.5 Å². The molecule has 0 saturated carbocycles. The number of aliphatic hydroxyl groups excluding tert-OH is 1. The molecule has 0 unspecified atom stereocenters. The van der Waals surface area contributed by atoms with Crippen molar-refractivity contribution in [1.29, 1.82) is 0 Å². The van der Waals surface area contributed by atoms with E-state index in [2.05, 4.69) is 27.8 Å². The van der Waals surface area contributed by atoms with Crippen molar-refractivity contribution >= 4 is 28.5 Å². The zero-order chi connectivity index (χ0) is 36.7. The van der Waals surface area contributed by atoms with Crippen LogP contribution in [0.15, 0.2) is 108 Å². The SMILES string of the molecule is O=C(COc1cccc([C@](O)(C(=O)O)c2ccccc2)c1)N1CCC(Nc2ccc(CCNC[C@H](O)c3ccc(O)c4[nH]c(=O)ccc34)cc2)CC1. The number of rotatable bonds is 14. The van der Waals surface area contributed by atoms with E-state index in [9.17, 15) is 34.8 Å². The van der Waals surface area contributed by atoms with Crippen molar-refractivity contribution in [2.24, 2.45) is 0 Å². The molecule has 12 nitrogen and oxygen atoms in total. The van der Waals surface area contributed by atoms with Crippen molar-refractivity contribution in [2.45, 2.75) is 37.0 Å². The Morgan fingerprint density at radius 2 is 1.65 bits per heavy atom. The minimum absolute atomic E-state index is 0.0440. The minimum Gasteiger partial charge on any atom is -0.506 e. The lowest BCUT2D eigenvalue weighted by Crippen LogP contribution is -2.44. The number of hydrogen-bond donors (Lipinski definition) is 7. The summed E-state index contributed by atoms with van der Waals surface area (Å²) in [6, 6.07) is 28.8. The molecular formula is C40H42N4O8. The number of pyridine rings is 1. The maximum atomic E-state index is 13.0. The third-order valence-electron chi connectivity index (χ3n) is 9.48. The molecule has 2 heterocycles. The Bertz CT molecular complexity index is 2060. The second-order valence-corrected chi connectivity index (χ2v) is 12.9. The van der Waals surface area contributed by atoms with Crippen LogP contribution in [0.5, 0.6) is 11.5 Å². The van der Waals surface area contributed by atoms with Crippen LogP contribution in [0.3, 0.4) is 0 Å². The van der Waals surface area contributed by atoms with Crippen molar-refractivity contribution in [2.75, 3.05) is 38.1 Å². The first-order chi connectivity index (χ1) is 25.1. The van der Waals surface area contributed by atoms with Gasteiger partial charge in [0.15, 0.2) is 6.61 Å². The first kappa shape index (κ1) is 36.1. The number of carbonyl (C=O) groups is 2. The number of aliphatic carboxylic acids is 1. The Kier molecular flexibility index (Phi) is 11.2. The number of carbonyl (C=O) groups excluding carboxylic acids is 1. The van der Waals surface area contributed by atoms with Crippen LogP contribution in [-0.2, 0) is 21.6 Å².